The Kier molecular flexibility index (Phi) is 3.42. The molecule has 1 amide bonds. The molecule has 1 aromatic heterocycles. The Bertz CT molecular complexity index is 478. The first kappa shape index (κ1) is 12.8. The molecule has 0 radical (unpaired) electrons. The predicted molar refractivity (Wildman–Crippen MR) is 72.7 cm³/mol. The number of carbonyl (C=O) groups excluding carboxylic acids is 1. The summed E-state index contributed by atoms with van der Waals surface area (Å²) in [6, 6.07) is 0.144. The third-order valence-electron chi connectivity index (χ3n) is 3.77. The predicted octanol–water partition coefficient (Wildman–Crippen LogP) is 0.0143. The number of carbonyl (C=O) groups is 1. The van der Waals surface area contributed by atoms with Crippen molar-refractivity contribution in [1.82, 2.24) is 14.8 Å². The standard InChI is InChI=1S/C12H18N4O2S/c1-15-9-4-16(5-10-2-14-12(13)19-10)3-8(11(15)17)6-18-7-9/h2,8-9H,3-7H2,1H3,(H2,13,14)/t8-,9+/m1/s1. The lowest BCUT2D eigenvalue weighted by molar-refractivity contribution is -0.133. The number of nitrogen functional groups attached to an aromatic ring is 1. The van der Waals surface area contributed by atoms with Crippen LogP contribution in [0, 0.1) is 5.92 Å². The topological polar surface area (TPSA) is 71.7 Å². The molecule has 2 aliphatic heterocycles. The highest BCUT2D eigenvalue weighted by molar-refractivity contribution is 7.15. The van der Waals surface area contributed by atoms with Gasteiger partial charge in [-0.15, -0.1) is 11.3 Å². The summed E-state index contributed by atoms with van der Waals surface area (Å²) in [6.07, 6.45) is 1.82. The van der Waals surface area contributed by atoms with Crippen molar-refractivity contribution < 1.29 is 9.53 Å². The molecule has 19 heavy (non-hydrogen) atoms. The van der Waals surface area contributed by atoms with Gasteiger partial charge in [0.25, 0.3) is 0 Å². The van der Waals surface area contributed by atoms with Crippen molar-refractivity contribution in [3.8, 4) is 0 Å². The second-order valence-electron chi connectivity index (χ2n) is 5.20. The molecule has 2 saturated heterocycles. The smallest absolute Gasteiger partial charge is 0.229 e. The number of ether oxygens (including phenoxy) is 1. The van der Waals surface area contributed by atoms with Gasteiger partial charge in [-0.05, 0) is 0 Å². The highest BCUT2D eigenvalue weighted by Crippen LogP contribution is 2.23. The van der Waals surface area contributed by atoms with E-state index in [0.717, 1.165) is 24.5 Å². The van der Waals surface area contributed by atoms with Crippen LogP contribution in [0.25, 0.3) is 0 Å². The minimum atomic E-state index is -0.0530. The van der Waals surface area contributed by atoms with Crippen molar-refractivity contribution in [3.05, 3.63) is 11.1 Å². The summed E-state index contributed by atoms with van der Waals surface area (Å²) in [5.41, 5.74) is 5.66. The van der Waals surface area contributed by atoms with Gasteiger partial charge in [-0.1, -0.05) is 0 Å². The van der Waals surface area contributed by atoms with Crippen LogP contribution >= 0.6 is 11.3 Å². The number of nitrogens with zero attached hydrogens (tertiary/aromatic N) is 3. The van der Waals surface area contributed by atoms with Crippen molar-refractivity contribution >= 4 is 22.4 Å². The summed E-state index contributed by atoms with van der Waals surface area (Å²) in [4.78, 5) is 21.6. The number of thiazole rings is 1. The van der Waals surface area contributed by atoms with Crippen molar-refractivity contribution in [2.24, 2.45) is 5.92 Å². The lowest BCUT2D eigenvalue weighted by Gasteiger charge is -2.28. The van der Waals surface area contributed by atoms with Crippen LogP contribution in [0.1, 0.15) is 4.88 Å². The van der Waals surface area contributed by atoms with Crippen LogP contribution in [0.4, 0.5) is 5.13 Å². The second-order valence-corrected chi connectivity index (χ2v) is 6.34. The number of rotatable bonds is 2. The average Bonchev–Trinajstić information content (AvgIpc) is 2.66. The van der Waals surface area contributed by atoms with Gasteiger partial charge in [-0.3, -0.25) is 9.69 Å². The zero-order chi connectivity index (χ0) is 13.4. The minimum Gasteiger partial charge on any atom is -0.378 e. The fourth-order valence-corrected chi connectivity index (χ4v) is 3.46. The van der Waals surface area contributed by atoms with Crippen LogP contribution in [0.2, 0.25) is 0 Å². The zero-order valence-corrected chi connectivity index (χ0v) is 11.7. The average molecular weight is 282 g/mol. The van der Waals surface area contributed by atoms with E-state index in [1.54, 1.807) is 0 Å². The van der Waals surface area contributed by atoms with E-state index in [9.17, 15) is 4.79 Å². The first-order chi connectivity index (χ1) is 9.13. The lowest BCUT2D eigenvalue weighted by atomic mass is 10.1. The molecule has 2 atom stereocenters. The Hall–Kier alpha value is -1.18. The molecule has 0 unspecified atom stereocenters. The summed E-state index contributed by atoms with van der Waals surface area (Å²) < 4.78 is 5.59. The molecular weight excluding hydrogens is 264 g/mol. The summed E-state index contributed by atoms with van der Waals surface area (Å²) in [5.74, 6) is 0.150. The zero-order valence-electron chi connectivity index (χ0n) is 10.9. The van der Waals surface area contributed by atoms with E-state index in [4.69, 9.17) is 10.5 Å². The first-order valence-electron chi connectivity index (χ1n) is 6.40. The Labute approximate surface area is 116 Å². The first-order valence-corrected chi connectivity index (χ1v) is 7.22. The molecule has 2 aliphatic rings. The molecule has 3 rings (SSSR count). The third kappa shape index (κ3) is 2.58. The van der Waals surface area contributed by atoms with Gasteiger partial charge in [0, 0.05) is 37.8 Å². The Morgan fingerprint density at radius 2 is 2.37 bits per heavy atom. The van der Waals surface area contributed by atoms with Crippen LogP contribution in [0.15, 0.2) is 6.20 Å². The number of hydrogen-bond acceptors (Lipinski definition) is 6. The highest BCUT2D eigenvalue weighted by atomic mass is 32.1. The normalized spacial score (nSPS) is 28.5. The number of aromatic nitrogens is 1. The van der Waals surface area contributed by atoms with Crippen LogP contribution in [0.5, 0.6) is 0 Å². The number of nitrogens with two attached hydrogens (primary N) is 1. The Morgan fingerprint density at radius 1 is 1.53 bits per heavy atom. The molecule has 6 nitrogen and oxygen atoms in total. The minimum absolute atomic E-state index is 0.0530. The maximum Gasteiger partial charge on any atom is 0.229 e. The molecule has 0 saturated carbocycles. The number of amides is 1. The van der Waals surface area contributed by atoms with Gasteiger partial charge in [0.15, 0.2) is 5.13 Å². The second kappa shape index (κ2) is 5.07. The number of hydrogen-bond donors (Lipinski definition) is 1. The van der Waals surface area contributed by atoms with E-state index in [0.29, 0.717) is 18.3 Å². The van der Waals surface area contributed by atoms with Crippen LogP contribution in [-0.2, 0) is 16.1 Å². The van der Waals surface area contributed by atoms with Crippen molar-refractivity contribution in [2.45, 2.75) is 12.6 Å². The molecule has 0 spiro atoms. The summed E-state index contributed by atoms with van der Waals surface area (Å²) in [6.45, 7) is 3.55. The molecule has 7 heteroatoms. The quantitative estimate of drug-likeness (QED) is 0.827. The number of fused-ring (bicyclic) bond motifs is 3. The van der Waals surface area contributed by atoms with Crippen LogP contribution in [0.3, 0.4) is 0 Å². The van der Waals surface area contributed by atoms with Crippen molar-refractivity contribution in [3.63, 3.8) is 0 Å². The molecule has 104 valence electrons. The van der Waals surface area contributed by atoms with Gasteiger partial charge < -0.3 is 15.4 Å². The maximum absolute atomic E-state index is 12.2. The monoisotopic (exact) mass is 282 g/mol. The van der Waals surface area contributed by atoms with E-state index in [1.165, 1.54) is 11.3 Å². The van der Waals surface area contributed by atoms with Gasteiger partial charge in [0.2, 0.25) is 5.91 Å². The SMILES string of the molecule is CN1C(=O)[C@H]2COC[C@@H]1CN(Cc1cnc(N)s1)C2. The Balaban J connectivity index is 1.76. The van der Waals surface area contributed by atoms with Crippen molar-refractivity contribution in [1.29, 1.82) is 0 Å². The van der Waals surface area contributed by atoms with Crippen LogP contribution < -0.4 is 5.73 Å². The lowest BCUT2D eigenvalue weighted by Crippen LogP contribution is -2.42. The molecule has 1 aromatic rings. The van der Waals surface area contributed by atoms with E-state index >= 15 is 0 Å². The van der Waals surface area contributed by atoms with E-state index in [2.05, 4.69) is 9.88 Å². The molecule has 2 fully saturated rings. The summed E-state index contributed by atoms with van der Waals surface area (Å²) in [5, 5.41) is 0.599. The van der Waals surface area contributed by atoms with E-state index in [-0.39, 0.29) is 17.9 Å². The van der Waals surface area contributed by atoms with Crippen LogP contribution in [-0.4, -0.2) is 60.1 Å². The van der Waals surface area contributed by atoms with Gasteiger partial charge in [-0.25, -0.2) is 4.98 Å². The van der Waals surface area contributed by atoms with Gasteiger partial charge in [0.1, 0.15) is 0 Å². The van der Waals surface area contributed by atoms with Gasteiger partial charge in [-0.2, -0.15) is 0 Å². The fraction of sp³-hybridized carbons (Fsp3) is 0.667. The Morgan fingerprint density at radius 3 is 3.11 bits per heavy atom. The third-order valence-corrected chi connectivity index (χ3v) is 4.58. The van der Waals surface area contributed by atoms with E-state index < -0.39 is 0 Å². The molecule has 3 heterocycles. The molecule has 0 aromatic carbocycles. The molecular formula is C12H18N4O2S. The highest BCUT2D eigenvalue weighted by Gasteiger charge is 2.37. The van der Waals surface area contributed by atoms with Crippen molar-refractivity contribution in [2.75, 3.05) is 39.1 Å². The van der Waals surface area contributed by atoms with E-state index in [1.807, 2.05) is 18.1 Å². The maximum atomic E-state index is 12.2. The molecule has 2 bridgehead atoms. The number of likely N-dealkylation sites (N-methyl/N-ethyl adjacent to an activating group) is 1. The summed E-state index contributed by atoms with van der Waals surface area (Å²) >= 11 is 1.51. The summed E-state index contributed by atoms with van der Waals surface area (Å²) in [7, 11) is 1.88. The molecule has 2 N–H and O–H groups in total. The fourth-order valence-electron chi connectivity index (χ4n) is 2.73. The largest absolute Gasteiger partial charge is 0.378 e. The molecule has 0 aliphatic carbocycles. The number of anilines is 1. The van der Waals surface area contributed by atoms with Gasteiger partial charge in [0.05, 0.1) is 25.2 Å². The van der Waals surface area contributed by atoms with Gasteiger partial charge >= 0.3 is 0 Å².